The Labute approximate surface area is 165 Å². The number of benzene rings is 2. The molecule has 5 nitrogen and oxygen atoms in total. The number of piperidine rings is 1. The van der Waals surface area contributed by atoms with Crippen LogP contribution in [0.5, 0.6) is 5.75 Å². The van der Waals surface area contributed by atoms with Crippen molar-refractivity contribution in [2.75, 3.05) is 34.3 Å². The maximum Gasteiger partial charge on any atom is 0.257 e. The molecule has 0 unspecified atom stereocenters. The van der Waals surface area contributed by atoms with Crippen LogP contribution in [0.15, 0.2) is 48.5 Å². The Morgan fingerprint density at radius 3 is 2.56 bits per heavy atom. The summed E-state index contributed by atoms with van der Waals surface area (Å²) in [4.78, 5) is 16.8. The highest BCUT2D eigenvalue weighted by Crippen LogP contribution is 2.38. The lowest BCUT2D eigenvalue weighted by atomic mass is 9.77. The number of hydrogen-bond acceptors (Lipinski definition) is 4. The molecule has 1 heterocycles. The third-order valence-corrected chi connectivity index (χ3v) is 5.70. The second kappa shape index (κ2) is 7.89. The molecule has 1 amide bonds. The second-order valence-electron chi connectivity index (χ2n) is 7.05. The molecule has 0 spiro atoms. The number of halogens is 1. The van der Waals surface area contributed by atoms with Gasteiger partial charge in [-0.25, -0.2) is 0 Å². The monoisotopic (exact) mass is 388 g/mol. The van der Waals surface area contributed by atoms with Crippen LogP contribution in [0.2, 0.25) is 5.02 Å². The molecule has 2 atom stereocenters. The number of aliphatic hydroxyl groups is 1. The van der Waals surface area contributed by atoms with Crippen molar-refractivity contribution < 1.29 is 14.6 Å². The zero-order chi connectivity index (χ0) is 19.6. The van der Waals surface area contributed by atoms with Gasteiger partial charge in [-0.1, -0.05) is 41.9 Å². The summed E-state index contributed by atoms with van der Waals surface area (Å²) in [5.74, 6) is 0.275. The number of carbonyl (C=O) groups excluding carboxylic acids is 1. The zero-order valence-corrected chi connectivity index (χ0v) is 16.6. The maximum absolute atomic E-state index is 13.0. The molecule has 3 rings (SSSR count). The largest absolute Gasteiger partial charge is 0.496 e. The van der Waals surface area contributed by atoms with Crippen molar-refractivity contribution in [2.45, 2.75) is 18.1 Å². The molecule has 2 aromatic carbocycles. The topological polar surface area (TPSA) is 53.0 Å². The molecular weight excluding hydrogens is 364 g/mol. The third kappa shape index (κ3) is 3.55. The Balaban J connectivity index is 1.87. The van der Waals surface area contributed by atoms with E-state index in [1.807, 2.05) is 44.4 Å². The van der Waals surface area contributed by atoms with E-state index in [2.05, 4.69) is 4.90 Å². The number of amides is 1. The minimum absolute atomic E-state index is 0.164. The third-order valence-electron chi connectivity index (χ3n) is 5.46. The van der Waals surface area contributed by atoms with Gasteiger partial charge >= 0.3 is 0 Å². The Morgan fingerprint density at radius 2 is 1.96 bits per heavy atom. The van der Waals surface area contributed by atoms with Crippen molar-refractivity contribution >= 4 is 17.5 Å². The van der Waals surface area contributed by atoms with Crippen molar-refractivity contribution in [1.29, 1.82) is 0 Å². The Hall–Kier alpha value is -2.08. The van der Waals surface area contributed by atoms with E-state index < -0.39 is 11.6 Å². The van der Waals surface area contributed by atoms with Crippen LogP contribution in [0, 0.1) is 0 Å². The van der Waals surface area contributed by atoms with Crippen LogP contribution in [0.3, 0.4) is 0 Å². The number of hydrogen-bond donors (Lipinski definition) is 1. The first-order valence-corrected chi connectivity index (χ1v) is 9.31. The van der Waals surface area contributed by atoms with Crippen LogP contribution in [-0.4, -0.2) is 61.2 Å². The normalized spacial score (nSPS) is 22.7. The predicted octanol–water partition coefficient (Wildman–Crippen LogP) is 3.01. The molecule has 1 aliphatic heterocycles. The minimum Gasteiger partial charge on any atom is -0.496 e. The highest BCUT2D eigenvalue weighted by molar-refractivity contribution is 6.30. The smallest absolute Gasteiger partial charge is 0.257 e. The summed E-state index contributed by atoms with van der Waals surface area (Å²) >= 11 is 6.00. The molecule has 1 N–H and O–H groups in total. The van der Waals surface area contributed by atoms with Crippen molar-refractivity contribution in [2.24, 2.45) is 0 Å². The summed E-state index contributed by atoms with van der Waals surface area (Å²) in [6.07, 6.45) is -0.0850. The van der Waals surface area contributed by atoms with E-state index in [-0.39, 0.29) is 12.5 Å². The highest BCUT2D eigenvalue weighted by atomic mass is 35.5. The number of likely N-dealkylation sites (N-methyl/N-ethyl adjacent to an activating group) is 1. The average molecular weight is 389 g/mol. The summed E-state index contributed by atoms with van der Waals surface area (Å²) in [6, 6.07) is 14.9. The van der Waals surface area contributed by atoms with Gasteiger partial charge < -0.3 is 14.7 Å². The van der Waals surface area contributed by atoms with Gasteiger partial charge in [-0.3, -0.25) is 9.69 Å². The second-order valence-corrected chi connectivity index (χ2v) is 7.48. The zero-order valence-electron chi connectivity index (χ0n) is 15.9. The standard InChI is InChI=1S/C21H25ClN2O3/c1-23(2)21(15-7-5-4-6-8-15)11-12-24(14-19(21)25)20(26)17-10-9-16(22)13-18(17)27-3/h4-10,13,19,25H,11-12,14H2,1-3H3/t19-,21+/m1/s1. The number of ether oxygens (including phenoxy) is 1. The van der Waals surface area contributed by atoms with E-state index in [0.29, 0.717) is 29.3 Å². The van der Waals surface area contributed by atoms with Crippen LogP contribution >= 0.6 is 11.6 Å². The summed E-state index contributed by atoms with van der Waals surface area (Å²) in [7, 11) is 5.45. The van der Waals surface area contributed by atoms with Gasteiger partial charge in [0.15, 0.2) is 0 Å². The van der Waals surface area contributed by atoms with Gasteiger partial charge in [0.25, 0.3) is 5.91 Å². The van der Waals surface area contributed by atoms with E-state index >= 15 is 0 Å². The number of rotatable bonds is 4. The first-order valence-electron chi connectivity index (χ1n) is 8.94. The van der Waals surface area contributed by atoms with Crippen LogP contribution in [-0.2, 0) is 5.54 Å². The van der Waals surface area contributed by atoms with Gasteiger partial charge in [0, 0.05) is 18.1 Å². The summed E-state index contributed by atoms with van der Waals surface area (Å²) in [5.41, 5.74) is 0.979. The van der Waals surface area contributed by atoms with Gasteiger partial charge in [-0.2, -0.15) is 0 Å². The fraction of sp³-hybridized carbons (Fsp3) is 0.381. The molecule has 2 aromatic rings. The lowest BCUT2D eigenvalue weighted by Crippen LogP contribution is -2.60. The molecule has 1 saturated heterocycles. The maximum atomic E-state index is 13.0. The fourth-order valence-corrected chi connectivity index (χ4v) is 4.13. The molecule has 27 heavy (non-hydrogen) atoms. The quantitative estimate of drug-likeness (QED) is 0.874. The molecule has 0 radical (unpaired) electrons. The van der Waals surface area contributed by atoms with Gasteiger partial charge in [-0.15, -0.1) is 0 Å². The molecular formula is C21H25ClN2O3. The lowest BCUT2D eigenvalue weighted by molar-refractivity contribution is -0.0612. The molecule has 0 saturated carbocycles. The van der Waals surface area contributed by atoms with Gasteiger partial charge in [0.1, 0.15) is 5.75 Å². The number of likely N-dealkylation sites (tertiary alicyclic amines) is 1. The van der Waals surface area contributed by atoms with E-state index in [4.69, 9.17) is 16.3 Å². The van der Waals surface area contributed by atoms with E-state index in [0.717, 1.165) is 5.56 Å². The van der Waals surface area contributed by atoms with Crippen LogP contribution in [0.4, 0.5) is 0 Å². The molecule has 6 heteroatoms. The Morgan fingerprint density at radius 1 is 1.26 bits per heavy atom. The first kappa shape index (κ1) is 19.7. The van der Waals surface area contributed by atoms with Crippen LogP contribution in [0.25, 0.3) is 0 Å². The van der Waals surface area contributed by atoms with E-state index in [1.165, 1.54) is 7.11 Å². The van der Waals surface area contributed by atoms with Crippen molar-refractivity contribution in [3.05, 3.63) is 64.7 Å². The van der Waals surface area contributed by atoms with Crippen molar-refractivity contribution in [3.63, 3.8) is 0 Å². The SMILES string of the molecule is COc1cc(Cl)ccc1C(=O)N1CC[C@@](c2ccccc2)(N(C)C)[C@H](O)C1. The van der Waals surface area contributed by atoms with E-state index in [1.54, 1.807) is 23.1 Å². The minimum atomic E-state index is -0.717. The highest BCUT2D eigenvalue weighted by Gasteiger charge is 2.46. The number of methoxy groups -OCH3 is 1. The fourth-order valence-electron chi connectivity index (χ4n) is 3.96. The summed E-state index contributed by atoms with van der Waals surface area (Å²) in [5, 5.41) is 11.6. The molecule has 1 fully saturated rings. The molecule has 1 aliphatic rings. The van der Waals surface area contributed by atoms with Gasteiger partial charge in [0.2, 0.25) is 0 Å². The Kier molecular flexibility index (Phi) is 5.75. The first-order chi connectivity index (χ1) is 12.9. The summed E-state index contributed by atoms with van der Waals surface area (Å²) < 4.78 is 5.31. The van der Waals surface area contributed by atoms with Crippen molar-refractivity contribution in [1.82, 2.24) is 9.80 Å². The number of nitrogens with zero attached hydrogens (tertiary/aromatic N) is 2. The van der Waals surface area contributed by atoms with Crippen LogP contribution < -0.4 is 4.74 Å². The Bertz CT molecular complexity index is 812. The predicted molar refractivity (Wildman–Crippen MR) is 106 cm³/mol. The van der Waals surface area contributed by atoms with Gasteiger partial charge in [-0.05, 0) is 44.3 Å². The van der Waals surface area contributed by atoms with E-state index in [9.17, 15) is 9.90 Å². The molecule has 0 aromatic heterocycles. The summed E-state index contributed by atoms with van der Waals surface area (Å²) in [6.45, 7) is 0.784. The number of carbonyl (C=O) groups is 1. The number of aliphatic hydroxyl groups excluding tert-OH is 1. The van der Waals surface area contributed by atoms with Crippen molar-refractivity contribution in [3.8, 4) is 5.75 Å². The average Bonchev–Trinajstić information content (AvgIpc) is 2.67. The molecule has 0 aliphatic carbocycles. The lowest BCUT2D eigenvalue weighted by Gasteiger charge is -2.49. The number of β-amino-alcohol motifs (C(OH)–C–C–N with tert-alkyl or cyclic N) is 1. The van der Waals surface area contributed by atoms with Gasteiger partial charge in [0.05, 0.1) is 24.3 Å². The molecule has 144 valence electrons. The molecule has 0 bridgehead atoms. The van der Waals surface area contributed by atoms with Crippen LogP contribution in [0.1, 0.15) is 22.3 Å².